The number of nitrogens with zero attached hydrogens (tertiary/aromatic N) is 1. The molecule has 1 rings (SSSR count). The lowest BCUT2D eigenvalue weighted by Gasteiger charge is -2.32. The third-order valence-electron chi connectivity index (χ3n) is 3.30. The van der Waals surface area contributed by atoms with Crippen molar-refractivity contribution >= 4 is 5.97 Å². The average molecular weight is 245 g/mol. The fourth-order valence-electron chi connectivity index (χ4n) is 2.16. The molecule has 0 radical (unpaired) electrons. The molecule has 2 N–H and O–H groups in total. The molecule has 2 unspecified atom stereocenters. The average Bonchev–Trinajstić information content (AvgIpc) is 2.59. The van der Waals surface area contributed by atoms with Crippen molar-refractivity contribution in [2.45, 2.75) is 51.4 Å². The summed E-state index contributed by atoms with van der Waals surface area (Å²) in [6.07, 6.45) is 0.948. The van der Waals surface area contributed by atoms with Crippen LogP contribution in [0.5, 0.6) is 0 Å². The second kappa shape index (κ2) is 5.80. The zero-order valence-corrected chi connectivity index (χ0v) is 10.8. The van der Waals surface area contributed by atoms with Gasteiger partial charge in [-0.15, -0.1) is 0 Å². The molecule has 0 aliphatic carbocycles. The summed E-state index contributed by atoms with van der Waals surface area (Å²) < 4.78 is 5.32. The van der Waals surface area contributed by atoms with Crippen molar-refractivity contribution in [2.24, 2.45) is 0 Å². The highest BCUT2D eigenvalue weighted by atomic mass is 16.5. The minimum Gasteiger partial charge on any atom is -0.480 e. The first kappa shape index (κ1) is 14.4. The third-order valence-corrected chi connectivity index (χ3v) is 3.30. The van der Waals surface area contributed by atoms with Crippen LogP contribution in [0.25, 0.3) is 0 Å². The zero-order valence-electron chi connectivity index (χ0n) is 10.8. The first-order valence-electron chi connectivity index (χ1n) is 6.14. The summed E-state index contributed by atoms with van der Waals surface area (Å²) in [6.45, 7) is 6.87. The molecule has 5 nitrogen and oxygen atoms in total. The molecule has 1 fully saturated rings. The number of β-amino-alcohol motifs (C(OH)–C–C–N with tert-alkyl or cyclic N) is 1. The lowest BCUT2D eigenvalue weighted by atomic mass is 9.99. The molecule has 0 saturated carbocycles. The van der Waals surface area contributed by atoms with Gasteiger partial charge in [-0.1, -0.05) is 0 Å². The van der Waals surface area contributed by atoms with Crippen LogP contribution in [0.2, 0.25) is 0 Å². The van der Waals surface area contributed by atoms with Crippen LogP contribution in [0.4, 0.5) is 0 Å². The van der Waals surface area contributed by atoms with E-state index in [0.29, 0.717) is 13.0 Å². The van der Waals surface area contributed by atoms with Crippen LogP contribution in [-0.4, -0.2) is 58.5 Å². The Hall–Kier alpha value is -0.650. The summed E-state index contributed by atoms with van der Waals surface area (Å²) >= 11 is 0. The normalized spacial score (nSPS) is 27.6. The molecule has 17 heavy (non-hydrogen) atoms. The summed E-state index contributed by atoms with van der Waals surface area (Å²) in [5.41, 5.74) is -0.835. The van der Waals surface area contributed by atoms with Crippen molar-refractivity contribution in [3.05, 3.63) is 0 Å². The number of carbonyl (C=O) groups is 1. The van der Waals surface area contributed by atoms with Crippen LogP contribution < -0.4 is 0 Å². The van der Waals surface area contributed by atoms with Gasteiger partial charge in [-0.25, -0.2) is 0 Å². The maximum absolute atomic E-state index is 11.2. The van der Waals surface area contributed by atoms with Crippen LogP contribution in [0.3, 0.4) is 0 Å². The van der Waals surface area contributed by atoms with Crippen molar-refractivity contribution in [1.29, 1.82) is 0 Å². The van der Waals surface area contributed by atoms with Gasteiger partial charge in [-0.05, 0) is 40.2 Å². The molecular formula is C12H23NO4. The molecule has 0 aromatic rings. The number of rotatable bonds is 6. The minimum absolute atomic E-state index is 0.0779. The summed E-state index contributed by atoms with van der Waals surface area (Å²) in [5, 5.41) is 19.0. The number of aliphatic hydroxyl groups is 1. The summed E-state index contributed by atoms with van der Waals surface area (Å²) in [6, 6.07) is 0. The number of carboxylic acids is 1. The van der Waals surface area contributed by atoms with E-state index in [1.54, 1.807) is 6.92 Å². The van der Waals surface area contributed by atoms with Gasteiger partial charge in [0, 0.05) is 6.54 Å². The van der Waals surface area contributed by atoms with E-state index in [1.165, 1.54) is 0 Å². The van der Waals surface area contributed by atoms with Gasteiger partial charge >= 0.3 is 5.97 Å². The molecule has 0 spiro atoms. The monoisotopic (exact) mass is 245 g/mol. The molecule has 0 aromatic carbocycles. The molecule has 1 aliphatic heterocycles. The number of hydrogen-bond acceptors (Lipinski definition) is 4. The molecule has 5 heteroatoms. The van der Waals surface area contributed by atoms with Gasteiger partial charge in [-0.2, -0.15) is 0 Å². The maximum Gasteiger partial charge on any atom is 0.323 e. The first-order chi connectivity index (χ1) is 7.86. The summed E-state index contributed by atoms with van der Waals surface area (Å²) in [7, 11) is 0. The van der Waals surface area contributed by atoms with E-state index >= 15 is 0 Å². The van der Waals surface area contributed by atoms with Crippen molar-refractivity contribution in [1.82, 2.24) is 4.90 Å². The fourth-order valence-corrected chi connectivity index (χ4v) is 2.16. The van der Waals surface area contributed by atoms with Crippen molar-refractivity contribution in [3.63, 3.8) is 0 Å². The van der Waals surface area contributed by atoms with Crippen LogP contribution >= 0.6 is 0 Å². The van der Waals surface area contributed by atoms with E-state index in [4.69, 9.17) is 4.74 Å². The second-order valence-electron chi connectivity index (χ2n) is 5.16. The van der Waals surface area contributed by atoms with E-state index in [9.17, 15) is 15.0 Å². The predicted octanol–water partition coefficient (Wildman–Crippen LogP) is 0.711. The Bertz CT molecular complexity index is 269. The van der Waals surface area contributed by atoms with E-state index in [-0.39, 0.29) is 12.7 Å². The SMILES string of the molecule is CC(C)OCC(O)CN1CCCC1(C)C(=O)O. The van der Waals surface area contributed by atoms with Gasteiger partial charge in [0.25, 0.3) is 0 Å². The van der Waals surface area contributed by atoms with E-state index in [0.717, 1.165) is 13.0 Å². The van der Waals surface area contributed by atoms with Gasteiger partial charge in [0.2, 0.25) is 0 Å². The quantitative estimate of drug-likeness (QED) is 0.721. The molecule has 100 valence electrons. The second-order valence-corrected chi connectivity index (χ2v) is 5.16. The van der Waals surface area contributed by atoms with E-state index in [2.05, 4.69) is 0 Å². The lowest BCUT2D eigenvalue weighted by Crippen LogP contribution is -2.51. The van der Waals surface area contributed by atoms with Crippen molar-refractivity contribution < 1.29 is 19.7 Å². The van der Waals surface area contributed by atoms with Crippen LogP contribution in [0.1, 0.15) is 33.6 Å². The highest BCUT2D eigenvalue weighted by Crippen LogP contribution is 2.29. The highest BCUT2D eigenvalue weighted by Gasteiger charge is 2.43. The van der Waals surface area contributed by atoms with Gasteiger partial charge in [0.05, 0.1) is 18.8 Å². The number of carboxylic acid groups (broad SMARTS) is 1. The highest BCUT2D eigenvalue weighted by molar-refractivity contribution is 5.78. The molecule has 1 saturated heterocycles. The lowest BCUT2D eigenvalue weighted by molar-refractivity contribution is -0.149. The Morgan fingerprint density at radius 1 is 1.53 bits per heavy atom. The third kappa shape index (κ3) is 3.66. The molecule has 1 aliphatic rings. The number of ether oxygens (including phenoxy) is 1. The first-order valence-corrected chi connectivity index (χ1v) is 6.14. The largest absolute Gasteiger partial charge is 0.480 e. The Morgan fingerprint density at radius 2 is 2.18 bits per heavy atom. The fraction of sp³-hybridized carbons (Fsp3) is 0.917. The molecule has 0 aromatic heterocycles. The molecule has 0 amide bonds. The Labute approximate surface area is 102 Å². The predicted molar refractivity (Wildman–Crippen MR) is 63.9 cm³/mol. The smallest absolute Gasteiger partial charge is 0.323 e. The molecule has 1 heterocycles. The topological polar surface area (TPSA) is 70.0 Å². The van der Waals surface area contributed by atoms with Gasteiger partial charge < -0.3 is 14.9 Å². The number of hydrogen-bond donors (Lipinski definition) is 2. The van der Waals surface area contributed by atoms with E-state index < -0.39 is 17.6 Å². The standard InChI is InChI=1S/C12H23NO4/c1-9(2)17-8-10(14)7-13-6-4-5-12(13,3)11(15)16/h9-10,14H,4-8H2,1-3H3,(H,15,16). The van der Waals surface area contributed by atoms with Gasteiger partial charge in [0.15, 0.2) is 0 Å². The molecule has 0 bridgehead atoms. The summed E-state index contributed by atoms with van der Waals surface area (Å²) in [5.74, 6) is -0.813. The Kier molecular flexibility index (Phi) is 4.91. The Morgan fingerprint density at radius 3 is 2.71 bits per heavy atom. The molecule has 2 atom stereocenters. The van der Waals surface area contributed by atoms with Gasteiger partial charge in [0.1, 0.15) is 5.54 Å². The number of aliphatic hydroxyl groups excluding tert-OH is 1. The van der Waals surface area contributed by atoms with Gasteiger partial charge in [-0.3, -0.25) is 9.69 Å². The van der Waals surface area contributed by atoms with Crippen LogP contribution in [0, 0.1) is 0 Å². The number of aliphatic carboxylic acids is 1. The Balaban J connectivity index is 2.47. The van der Waals surface area contributed by atoms with Crippen LogP contribution in [0.15, 0.2) is 0 Å². The van der Waals surface area contributed by atoms with Crippen molar-refractivity contribution in [2.75, 3.05) is 19.7 Å². The molecular weight excluding hydrogens is 222 g/mol. The van der Waals surface area contributed by atoms with Crippen LogP contribution in [-0.2, 0) is 9.53 Å². The summed E-state index contributed by atoms with van der Waals surface area (Å²) in [4.78, 5) is 13.1. The maximum atomic E-state index is 11.2. The zero-order chi connectivity index (χ0) is 13.1. The van der Waals surface area contributed by atoms with E-state index in [1.807, 2.05) is 18.7 Å². The van der Waals surface area contributed by atoms with Crippen molar-refractivity contribution in [3.8, 4) is 0 Å². The number of likely N-dealkylation sites (tertiary alicyclic amines) is 1. The minimum atomic E-state index is -0.835.